The maximum absolute atomic E-state index is 2.40. The zero-order valence-electron chi connectivity index (χ0n) is 19.7. The van der Waals surface area contributed by atoms with Gasteiger partial charge >= 0.3 is 0 Å². The average molecular weight is 365 g/mol. The van der Waals surface area contributed by atoms with E-state index in [1.165, 1.54) is 70.6 Å². The van der Waals surface area contributed by atoms with E-state index < -0.39 is 0 Å². The Labute approximate surface area is 167 Å². The summed E-state index contributed by atoms with van der Waals surface area (Å²) in [5.41, 5.74) is 0.637. The standard InChI is InChI=1S/2C9H18.C8H16/c1-8-6-4-5-7-9(8,2)3;1-7-5-4-6-8(2)9(7)3;1-7-5-3-4-6-8(7)2/h8H,4-7H2,1-3H3;7-9H,4-6H2,1-3H3;7-8H,3-6H2,1-2H3/t8-;;7-,8?/m1.1/s1. The molecule has 3 fully saturated rings. The predicted octanol–water partition coefficient (Wildman–Crippen LogP) is 9.13. The number of hydrogen-bond acceptors (Lipinski definition) is 0. The van der Waals surface area contributed by atoms with Crippen LogP contribution in [0.5, 0.6) is 0 Å². The van der Waals surface area contributed by atoms with E-state index in [9.17, 15) is 0 Å². The van der Waals surface area contributed by atoms with Crippen LogP contribution >= 0.6 is 0 Å². The van der Waals surface area contributed by atoms with E-state index in [1.54, 1.807) is 0 Å². The molecule has 156 valence electrons. The van der Waals surface area contributed by atoms with Crippen molar-refractivity contribution >= 4 is 0 Å². The first-order valence-electron chi connectivity index (χ1n) is 12.1. The fourth-order valence-electron chi connectivity index (χ4n) is 5.02. The van der Waals surface area contributed by atoms with Gasteiger partial charge in [0.1, 0.15) is 0 Å². The van der Waals surface area contributed by atoms with E-state index in [0.717, 1.165) is 35.5 Å². The van der Waals surface area contributed by atoms with Crippen LogP contribution in [0.4, 0.5) is 0 Å². The molecule has 3 saturated carbocycles. The van der Waals surface area contributed by atoms with Gasteiger partial charge in [-0.1, -0.05) is 120 Å². The maximum Gasteiger partial charge on any atom is -0.0329 e. The Morgan fingerprint density at radius 3 is 1.23 bits per heavy atom. The first-order chi connectivity index (χ1) is 12.1. The number of rotatable bonds is 0. The molecule has 0 aromatic rings. The van der Waals surface area contributed by atoms with Crippen molar-refractivity contribution in [2.24, 2.45) is 40.9 Å². The molecular weight excluding hydrogens is 312 g/mol. The first kappa shape index (κ1) is 24.0. The molecule has 0 saturated heterocycles. The monoisotopic (exact) mass is 364 g/mol. The highest BCUT2D eigenvalue weighted by Gasteiger charge is 2.28. The van der Waals surface area contributed by atoms with E-state index in [1.807, 2.05) is 0 Å². The molecule has 5 atom stereocenters. The summed E-state index contributed by atoms with van der Waals surface area (Å²) < 4.78 is 0. The van der Waals surface area contributed by atoms with Gasteiger partial charge in [-0.3, -0.25) is 0 Å². The normalized spacial score (nSPS) is 39.7. The van der Waals surface area contributed by atoms with Crippen LogP contribution in [0.1, 0.15) is 126 Å². The predicted molar refractivity (Wildman–Crippen MR) is 120 cm³/mol. The molecule has 0 spiro atoms. The quantitative estimate of drug-likeness (QED) is 0.402. The van der Waals surface area contributed by atoms with Gasteiger partial charge in [-0.05, 0) is 47.3 Å². The van der Waals surface area contributed by atoms with Gasteiger partial charge in [0.15, 0.2) is 0 Å². The second-order valence-electron chi connectivity index (χ2n) is 11.1. The second kappa shape index (κ2) is 11.8. The Hall–Kier alpha value is 0. The molecule has 3 unspecified atom stereocenters. The van der Waals surface area contributed by atoms with Gasteiger partial charge in [0.05, 0.1) is 0 Å². The Bertz CT molecular complexity index is 335. The minimum atomic E-state index is 0.637. The van der Waals surface area contributed by atoms with Gasteiger partial charge in [0.25, 0.3) is 0 Å². The molecule has 0 heterocycles. The molecule has 0 radical (unpaired) electrons. The van der Waals surface area contributed by atoms with Crippen molar-refractivity contribution in [1.82, 2.24) is 0 Å². The lowest BCUT2D eigenvalue weighted by molar-refractivity contribution is 0.154. The van der Waals surface area contributed by atoms with E-state index in [4.69, 9.17) is 0 Å². The van der Waals surface area contributed by atoms with E-state index in [-0.39, 0.29) is 0 Å². The Balaban J connectivity index is 0.000000195. The summed E-state index contributed by atoms with van der Waals surface area (Å²) in [5.74, 6) is 5.89. The van der Waals surface area contributed by atoms with Gasteiger partial charge < -0.3 is 0 Å². The smallest absolute Gasteiger partial charge is 0.0329 e. The molecule has 3 rings (SSSR count). The molecule has 0 heteroatoms. The van der Waals surface area contributed by atoms with Crippen LogP contribution < -0.4 is 0 Å². The summed E-state index contributed by atoms with van der Waals surface area (Å²) in [5, 5.41) is 0. The summed E-state index contributed by atoms with van der Waals surface area (Å²) >= 11 is 0. The average Bonchev–Trinajstić information content (AvgIpc) is 2.59. The molecule has 26 heavy (non-hydrogen) atoms. The van der Waals surface area contributed by atoms with Gasteiger partial charge in [-0.15, -0.1) is 0 Å². The summed E-state index contributed by atoms with van der Waals surface area (Å²) in [6.45, 7) is 19.1. The highest BCUT2D eigenvalue weighted by Crippen LogP contribution is 2.39. The van der Waals surface area contributed by atoms with Crippen molar-refractivity contribution in [2.45, 2.75) is 126 Å². The maximum atomic E-state index is 2.40. The molecule has 0 amide bonds. The fraction of sp³-hybridized carbons (Fsp3) is 1.00. The van der Waals surface area contributed by atoms with Crippen molar-refractivity contribution in [1.29, 1.82) is 0 Å². The Kier molecular flexibility index (Phi) is 10.9. The molecule has 3 aliphatic carbocycles. The minimum absolute atomic E-state index is 0.637. The van der Waals surface area contributed by atoms with Crippen molar-refractivity contribution in [2.75, 3.05) is 0 Å². The first-order valence-corrected chi connectivity index (χ1v) is 12.1. The SMILES string of the molecule is CC1CCCC(C)C1C.CC1CCCC[C@H]1C.C[C@@H]1CCCCC1(C)C. The third kappa shape index (κ3) is 8.35. The summed E-state index contributed by atoms with van der Waals surface area (Å²) in [7, 11) is 0. The third-order valence-electron chi connectivity index (χ3n) is 8.70. The Morgan fingerprint density at radius 1 is 0.500 bits per heavy atom. The van der Waals surface area contributed by atoms with Crippen molar-refractivity contribution in [3.63, 3.8) is 0 Å². The van der Waals surface area contributed by atoms with Crippen molar-refractivity contribution in [3.8, 4) is 0 Å². The second-order valence-corrected chi connectivity index (χ2v) is 11.1. The van der Waals surface area contributed by atoms with E-state index in [0.29, 0.717) is 5.41 Å². The number of hydrogen-bond donors (Lipinski definition) is 0. The highest BCUT2D eigenvalue weighted by molar-refractivity contribution is 4.79. The molecule has 0 N–H and O–H groups in total. The molecular formula is C26H52. The molecule has 0 aromatic carbocycles. The Morgan fingerprint density at radius 2 is 0.923 bits per heavy atom. The molecule has 0 aliphatic heterocycles. The van der Waals surface area contributed by atoms with Gasteiger partial charge in [-0.25, -0.2) is 0 Å². The molecule has 3 aliphatic rings. The lowest BCUT2D eigenvalue weighted by atomic mass is 9.70. The van der Waals surface area contributed by atoms with Crippen LogP contribution in [-0.4, -0.2) is 0 Å². The lowest BCUT2D eigenvalue weighted by Gasteiger charge is -2.36. The minimum Gasteiger partial charge on any atom is -0.0623 e. The topological polar surface area (TPSA) is 0 Å². The van der Waals surface area contributed by atoms with Gasteiger partial charge in [0, 0.05) is 0 Å². The lowest BCUT2D eigenvalue weighted by Crippen LogP contribution is -2.24. The molecule has 0 aromatic heterocycles. The fourth-order valence-corrected chi connectivity index (χ4v) is 5.02. The van der Waals surface area contributed by atoms with Gasteiger partial charge in [0.2, 0.25) is 0 Å². The van der Waals surface area contributed by atoms with Crippen LogP contribution in [-0.2, 0) is 0 Å². The molecule has 0 nitrogen and oxygen atoms in total. The van der Waals surface area contributed by atoms with Crippen LogP contribution in [0.15, 0.2) is 0 Å². The van der Waals surface area contributed by atoms with Crippen LogP contribution in [0.3, 0.4) is 0 Å². The highest BCUT2D eigenvalue weighted by atomic mass is 14.3. The summed E-state index contributed by atoms with van der Waals surface area (Å²) in [6, 6.07) is 0. The summed E-state index contributed by atoms with van der Waals surface area (Å²) in [6.07, 6.45) is 16.1. The zero-order chi connectivity index (χ0) is 19.7. The zero-order valence-corrected chi connectivity index (χ0v) is 19.7. The van der Waals surface area contributed by atoms with E-state index >= 15 is 0 Å². The third-order valence-corrected chi connectivity index (χ3v) is 8.70. The van der Waals surface area contributed by atoms with Gasteiger partial charge in [-0.2, -0.15) is 0 Å². The molecule has 0 bridgehead atoms. The van der Waals surface area contributed by atoms with Crippen molar-refractivity contribution < 1.29 is 0 Å². The van der Waals surface area contributed by atoms with Crippen LogP contribution in [0.25, 0.3) is 0 Å². The summed E-state index contributed by atoms with van der Waals surface area (Å²) in [4.78, 5) is 0. The van der Waals surface area contributed by atoms with E-state index in [2.05, 4.69) is 55.4 Å². The largest absolute Gasteiger partial charge is 0.0623 e. The van der Waals surface area contributed by atoms with Crippen molar-refractivity contribution in [3.05, 3.63) is 0 Å². The van der Waals surface area contributed by atoms with Crippen LogP contribution in [0.2, 0.25) is 0 Å². The van der Waals surface area contributed by atoms with Crippen LogP contribution in [0, 0.1) is 40.9 Å².